The third-order valence-corrected chi connectivity index (χ3v) is 3.64. The summed E-state index contributed by atoms with van der Waals surface area (Å²) in [6, 6.07) is 7.86. The molecule has 0 fully saturated rings. The van der Waals surface area contributed by atoms with Gasteiger partial charge in [0.2, 0.25) is 5.78 Å². The van der Waals surface area contributed by atoms with E-state index in [4.69, 9.17) is 9.47 Å². The van der Waals surface area contributed by atoms with Crippen LogP contribution in [0, 0.1) is 5.41 Å². The Morgan fingerprint density at radius 3 is 2.70 bits per heavy atom. The minimum atomic E-state index is -0.754. The molecule has 0 aromatic heterocycles. The second-order valence-corrected chi connectivity index (χ2v) is 5.73. The van der Waals surface area contributed by atoms with Crippen LogP contribution in [-0.4, -0.2) is 24.5 Å². The summed E-state index contributed by atoms with van der Waals surface area (Å²) in [5, 5.41) is 0. The lowest BCUT2D eigenvalue weighted by molar-refractivity contribution is -0.154. The molecule has 0 bridgehead atoms. The summed E-state index contributed by atoms with van der Waals surface area (Å²) in [6.45, 7) is 5.80. The maximum absolute atomic E-state index is 11.8. The number of carbonyl (C=O) groups is 2. The van der Waals surface area contributed by atoms with E-state index in [1.54, 1.807) is 6.92 Å². The molecule has 0 aliphatic carbocycles. The van der Waals surface area contributed by atoms with Gasteiger partial charge in [-0.3, -0.25) is 4.79 Å². The van der Waals surface area contributed by atoms with Crippen molar-refractivity contribution in [3.63, 3.8) is 0 Å². The average Bonchev–Trinajstić information content (AvgIpc) is 2.83. The highest BCUT2D eigenvalue weighted by molar-refractivity contribution is 6.33. The van der Waals surface area contributed by atoms with Crippen molar-refractivity contribution >= 4 is 11.8 Å². The molecule has 1 aliphatic rings. The number of ketones is 1. The van der Waals surface area contributed by atoms with Crippen LogP contribution in [0.2, 0.25) is 0 Å². The number of hydrogen-bond donors (Lipinski definition) is 0. The molecule has 1 heterocycles. The van der Waals surface area contributed by atoms with E-state index in [0.717, 1.165) is 17.7 Å². The van der Waals surface area contributed by atoms with E-state index >= 15 is 0 Å². The van der Waals surface area contributed by atoms with E-state index < -0.39 is 17.2 Å². The normalized spacial score (nSPS) is 17.2. The number of para-hydroxylation sites is 1. The number of Topliss-reactive ketones (excluding diaryl/α,β-unsaturated/α-hetero) is 1. The van der Waals surface area contributed by atoms with Gasteiger partial charge in [0, 0.05) is 18.3 Å². The summed E-state index contributed by atoms with van der Waals surface area (Å²) >= 11 is 0. The second kappa shape index (κ2) is 5.65. The van der Waals surface area contributed by atoms with Gasteiger partial charge in [0.15, 0.2) is 0 Å². The molecule has 0 saturated heterocycles. The second-order valence-electron chi connectivity index (χ2n) is 5.73. The Morgan fingerprint density at radius 1 is 1.35 bits per heavy atom. The number of benzene rings is 1. The van der Waals surface area contributed by atoms with Crippen LogP contribution >= 0.6 is 0 Å². The highest BCUT2D eigenvalue weighted by atomic mass is 16.5. The SMILES string of the molecule is CCOC(=O)C(=O)CC(C)(C)C1Cc2ccccc2O1. The Morgan fingerprint density at radius 2 is 2.05 bits per heavy atom. The summed E-state index contributed by atoms with van der Waals surface area (Å²) < 4.78 is 10.7. The van der Waals surface area contributed by atoms with Crippen molar-refractivity contribution < 1.29 is 19.1 Å². The van der Waals surface area contributed by atoms with Crippen molar-refractivity contribution in [3.8, 4) is 5.75 Å². The minimum absolute atomic E-state index is 0.0988. The average molecular weight is 276 g/mol. The Labute approximate surface area is 119 Å². The largest absolute Gasteiger partial charge is 0.489 e. The van der Waals surface area contributed by atoms with E-state index in [1.165, 1.54) is 0 Å². The standard InChI is InChI=1S/C16H20O4/c1-4-19-15(18)12(17)10-16(2,3)14-9-11-7-5-6-8-13(11)20-14/h5-8,14H,4,9-10H2,1-3H3. The molecule has 108 valence electrons. The molecule has 0 N–H and O–H groups in total. The zero-order valence-electron chi connectivity index (χ0n) is 12.1. The number of rotatable bonds is 5. The van der Waals surface area contributed by atoms with Crippen LogP contribution < -0.4 is 4.74 Å². The highest BCUT2D eigenvalue weighted by Gasteiger charge is 2.39. The molecule has 20 heavy (non-hydrogen) atoms. The van der Waals surface area contributed by atoms with Crippen LogP contribution in [0.5, 0.6) is 5.75 Å². The fraction of sp³-hybridized carbons (Fsp3) is 0.500. The molecule has 0 saturated carbocycles. The molecule has 0 amide bonds. The smallest absolute Gasteiger partial charge is 0.374 e. The number of carbonyl (C=O) groups excluding carboxylic acids is 2. The molecule has 1 unspecified atom stereocenters. The van der Waals surface area contributed by atoms with Crippen molar-refractivity contribution in [1.29, 1.82) is 0 Å². The van der Waals surface area contributed by atoms with Crippen LogP contribution in [0.1, 0.15) is 32.8 Å². The lowest BCUT2D eigenvalue weighted by Crippen LogP contribution is -2.37. The molecule has 1 aromatic rings. The molecule has 0 radical (unpaired) electrons. The number of esters is 1. The van der Waals surface area contributed by atoms with Gasteiger partial charge < -0.3 is 9.47 Å². The zero-order valence-corrected chi connectivity index (χ0v) is 12.1. The van der Waals surface area contributed by atoms with Gasteiger partial charge in [0.25, 0.3) is 0 Å². The molecule has 1 atom stereocenters. The van der Waals surface area contributed by atoms with E-state index in [2.05, 4.69) is 0 Å². The lowest BCUT2D eigenvalue weighted by atomic mass is 9.80. The van der Waals surface area contributed by atoms with E-state index in [-0.39, 0.29) is 19.1 Å². The van der Waals surface area contributed by atoms with Gasteiger partial charge in [0.05, 0.1) is 6.61 Å². The third-order valence-electron chi connectivity index (χ3n) is 3.64. The van der Waals surface area contributed by atoms with Crippen molar-refractivity contribution in [2.45, 2.75) is 39.7 Å². The molecule has 1 aromatic carbocycles. The molecule has 2 rings (SSSR count). The molecule has 1 aliphatic heterocycles. The summed E-state index contributed by atoms with van der Waals surface area (Å²) in [5.41, 5.74) is 0.734. The topological polar surface area (TPSA) is 52.6 Å². The van der Waals surface area contributed by atoms with Gasteiger partial charge in [-0.25, -0.2) is 4.79 Å². The minimum Gasteiger partial charge on any atom is -0.489 e. The van der Waals surface area contributed by atoms with Gasteiger partial charge in [-0.1, -0.05) is 32.0 Å². The maximum Gasteiger partial charge on any atom is 0.374 e. The van der Waals surface area contributed by atoms with Crippen LogP contribution in [0.3, 0.4) is 0 Å². The Hall–Kier alpha value is -1.84. The van der Waals surface area contributed by atoms with Gasteiger partial charge >= 0.3 is 5.97 Å². The zero-order chi connectivity index (χ0) is 14.8. The number of hydrogen-bond acceptors (Lipinski definition) is 4. The quantitative estimate of drug-likeness (QED) is 0.612. The van der Waals surface area contributed by atoms with E-state index in [9.17, 15) is 9.59 Å². The third kappa shape index (κ3) is 3.00. The highest BCUT2D eigenvalue weighted by Crippen LogP contribution is 2.38. The monoisotopic (exact) mass is 276 g/mol. The van der Waals surface area contributed by atoms with Crippen molar-refractivity contribution in [3.05, 3.63) is 29.8 Å². The number of ether oxygens (including phenoxy) is 2. The molecule has 0 spiro atoms. The lowest BCUT2D eigenvalue weighted by Gasteiger charge is -2.29. The molecule has 4 heteroatoms. The van der Waals surface area contributed by atoms with Gasteiger partial charge in [-0.15, -0.1) is 0 Å². The van der Waals surface area contributed by atoms with Crippen molar-refractivity contribution in [2.24, 2.45) is 5.41 Å². The molecular formula is C16H20O4. The first-order valence-corrected chi connectivity index (χ1v) is 6.88. The first kappa shape index (κ1) is 14.6. The predicted octanol–water partition coefficient (Wildman–Crippen LogP) is 2.54. The van der Waals surface area contributed by atoms with Gasteiger partial charge in [-0.2, -0.15) is 0 Å². The van der Waals surface area contributed by atoms with Gasteiger partial charge in [-0.05, 0) is 18.6 Å². The van der Waals surface area contributed by atoms with Crippen LogP contribution in [0.15, 0.2) is 24.3 Å². The first-order valence-electron chi connectivity index (χ1n) is 6.88. The van der Waals surface area contributed by atoms with Crippen LogP contribution in [0.4, 0.5) is 0 Å². The summed E-state index contributed by atoms with van der Waals surface area (Å²) in [6.07, 6.45) is 0.794. The number of fused-ring (bicyclic) bond motifs is 1. The Bertz CT molecular complexity index is 494. The van der Waals surface area contributed by atoms with E-state index in [0.29, 0.717) is 0 Å². The fourth-order valence-corrected chi connectivity index (χ4v) is 2.43. The maximum atomic E-state index is 11.8. The van der Waals surface area contributed by atoms with Crippen LogP contribution in [-0.2, 0) is 20.7 Å². The Kier molecular flexibility index (Phi) is 4.12. The van der Waals surface area contributed by atoms with Gasteiger partial charge in [0.1, 0.15) is 11.9 Å². The summed E-state index contributed by atoms with van der Waals surface area (Å²) in [7, 11) is 0. The predicted molar refractivity (Wildman–Crippen MR) is 74.6 cm³/mol. The molecule has 4 nitrogen and oxygen atoms in total. The summed E-state index contributed by atoms with van der Waals surface area (Å²) in [4.78, 5) is 23.3. The molecular weight excluding hydrogens is 256 g/mol. The van der Waals surface area contributed by atoms with E-state index in [1.807, 2.05) is 38.1 Å². The van der Waals surface area contributed by atoms with Crippen molar-refractivity contribution in [2.75, 3.05) is 6.61 Å². The van der Waals surface area contributed by atoms with Crippen molar-refractivity contribution in [1.82, 2.24) is 0 Å². The Balaban J connectivity index is 2.02. The fourth-order valence-electron chi connectivity index (χ4n) is 2.43. The first-order chi connectivity index (χ1) is 9.44. The summed E-state index contributed by atoms with van der Waals surface area (Å²) in [5.74, 6) is -0.373. The van der Waals surface area contributed by atoms with Crippen LogP contribution in [0.25, 0.3) is 0 Å².